The van der Waals surface area contributed by atoms with E-state index < -0.39 is 0 Å². The number of nitrogens with one attached hydrogen (secondary N) is 1. The van der Waals surface area contributed by atoms with E-state index in [2.05, 4.69) is 64.9 Å². The topological polar surface area (TPSA) is 33.1 Å². The third-order valence-corrected chi connectivity index (χ3v) is 4.56. The van der Waals surface area contributed by atoms with Crippen molar-refractivity contribution in [2.45, 2.75) is 38.9 Å². The van der Waals surface area contributed by atoms with E-state index in [0.717, 1.165) is 17.4 Å². The van der Waals surface area contributed by atoms with Crippen LogP contribution in [0.3, 0.4) is 0 Å². The van der Waals surface area contributed by atoms with Gasteiger partial charge in [-0.2, -0.15) is 0 Å². The third-order valence-electron chi connectivity index (χ3n) is 4.21. The number of nitrogens with zero attached hydrogens (tertiary/aromatic N) is 3. The number of pyridine rings is 1. The fourth-order valence-corrected chi connectivity index (χ4v) is 3.57. The Morgan fingerprint density at radius 1 is 1.27 bits per heavy atom. The molecule has 1 aliphatic rings. The lowest BCUT2D eigenvalue weighted by molar-refractivity contribution is 0.311. The van der Waals surface area contributed by atoms with Gasteiger partial charge in [-0.05, 0) is 57.3 Å². The van der Waals surface area contributed by atoms with Crippen LogP contribution >= 0.6 is 12.2 Å². The summed E-state index contributed by atoms with van der Waals surface area (Å²) in [7, 11) is 0. The first kappa shape index (κ1) is 15.0. The normalized spacial score (nSPS) is 21.5. The molecule has 2 aromatic rings. The zero-order valence-corrected chi connectivity index (χ0v) is 14.0. The second-order valence-electron chi connectivity index (χ2n) is 5.85. The molecule has 0 bridgehead atoms. The van der Waals surface area contributed by atoms with Gasteiger partial charge in [0.2, 0.25) is 0 Å². The van der Waals surface area contributed by atoms with E-state index in [9.17, 15) is 0 Å². The molecule has 0 saturated carbocycles. The Morgan fingerprint density at radius 3 is 2.73 bits per heavy atom. The molecule has 4 nitrogen and oxygen atoms in total. The maximum Gasteiger partial charge on any atom is 0.170 e. The van der Waals surface area contributed by atoms with E-state index in [1.54, 1.807) is 0 Å². The Bertz CT molecular complexity index is 650. The smallest absolute Gasteiger partial charge is 0.170 e. The third kappa shape index (κ3) is 2.50. The molecule has 0 radical (unpaired) electrons. The van der Waals surface area contributed by atoms with Gasteiger partial charge in [0.25, 0.3) is 0 Å². The molecule has 2 aromatic heterocycles. The van der Waals surface area contributed by atoms with Crippen molar-refractivity contribution in [3.8, 4) is 0 Å². The fraction of sp³-hybridized carbons (Fsp3) is 0.412. The van der Waals surface area contributed by atoms with Gasteiger partial charge in [-0.25, -0.2) is 0 Å². The lowest BCUT2D eigenvalue weighted by Gasteiger charge is -2.28. The minimum atomic E-state index is 0.0843. The summed E-state index contributed by atoms with van der Waals surface area (Å²) in [5, 5.41) is 4.26. The Balaban J connectivity index is 2.06. The monoisotopic (exact) mass is 314 g/mol. The molecule has 2 atom stereocenters. The lowest BCUT2D eigenvalue weighted by Crippen LogP contribution is -2.30. The number of aromatic nitrogens is 2. The first-order valence-electron chi connectivity index (χ1n) is 7.78. The van der Waals surface area contributed by atoms with Crippen LogP contribution in [0.1, 0.15) is 50.3 Å². The van der Waals surface area contributed by atoms with Crippen LogP contribution in [0, 0.1) is 0 Å². The first-order chi connectivity index (χ1) is 10.6. The van der Waals surface area contributed by atoms with Gasteiger partial charge in [-0.15, -0.1) is 0 Å². The van der Waals surface area contributed by atoms with E-state index in [4.69, 9.17) is 12.2 Å². The average Bonchev–Trinajstić information content (AvgIpc) is 3.11. The van der Waals surface area contributed by atoms with Crippen molar-refractivity contribution in [2.24, 2.45) is 0 Å². The largest absolute Gasteiger partial charge is 0.352 e. The quantitative estimate of drug-likeness (QED) is 0.876. The van der Waals surface area contributed by atoms with Crippen LogP contribution < -0.4 is 5.32 Å². The Labute approximate surface area is 137 Å². The number of hydrogen-bond donors (Lipinski definition) is 1. The molecule has 2 unspecified atom stereocenters. The molecule has 1 aliphatic heterocycles. The predicted molar refractivity (Wildman–Crippen MR) is 92.6 cm³/mol. The van der Waals surface area contributed by atoms with Gasteiger partial charge in [-0.3, -0.25) is 4.98 Å². The fourth-order valence-electron chi connectivity index (χ4n) is 3.20. The van der Waals surface area contributed by atoms with Crippen LogP contribution in [-0.4, -0.2) is 26.1 Å². The summed E-state index contributed by atoms with van der Waals surface area (Å²) in [6.07, 6.45) is 3.98. The molecule has 1 fully saturated rings. The van der Waals surface area contributed by atoms with Crippen LogP contribution in [-0.2, 0) is 0 Å². The van der Waals surface area contributed by atoms with Crippen LogP contribution in [0.5, 0.6) is 0 Å². The highest BCUT2D eigenvalue weighted by atomic mass is 32.1. The summed E-state index contributed by atoms with van der Waals surface area (Å²) in [4.78, 5) is 6.79. The van der Waals surface area contributed by atoms with Crippen molar-refractivity contribution in [3.05, 3.63) is 54.1 Å². The van der Waals surface area contributed by atoms with Gasteiger partial charge in [-0.1, -0.05) is 6.07 Å². The van der Waals surface area contributed by atoms with Crippen LogP contribution in [0.25, 0.3) is 0 Å². The first-order valence-corrected chi connectivity index (χ1v) is 8.19. The Hall–Kier alpha value is -1.88. The van der Waals surface area contributed by atoms with E-state index in [0.29, 0.717) is 6.04 Å². The van der Waals surface area contributed by atoms with Crippen LogP contribution in [0.2, 0.25) is 0 Å². The molecule has 0 aromatic carbocycles. The molecular weight excluding hydrogens is 292 g/mol. The van der Waals surface area contributed by atoms with Gasteiger partial charge in [0.05, 0.1) is 17.8 Å². The minimum absolute atomic E-state index is 0.0843. The zero-order chi connectivity index (χ0) is 15.7. The van der Waals surface area contributed by atoms with Crippen molar-refractivity contribution in [2.75, 3.05) is 6.54 Å². The number of rotatable bonds is 4. The molecule has 3 heterocycles. The number of hydrogen-bond acceptors (Lipinski definition) is 2. The Morgan fingerprint density at radius 2 is 2.09 bits per heavy atom. The summed E-state index contributed by atoms with van der Waals surface area (Å²) in [6, 6.07) is 11.0. The highest BCUT2D eigenvalue weighted by Gasteiger charge is 2.40. The molecular formula is C17H22N4S. The molecule has 1 saturated heterocycles. The maximum absolute atomic E-state index is 5.55. The van der Waals surface area contributed by atoms with Crippen molar-refractivity contribution < 1.29 is 0 Å². The number of likely N-dealkylation sites (N-methyl/N-ethyl adjacent to an activating group) is 1. The van der Waals surface area contributed by atoms with E-state index >= 15 is 0 Å². The van der Waals surface area contributed by atoms with Crippen molar-refractivity contribution in [1.82, 2.24) is 19.8 Å². The highest BCUT2D eigenvalue weighted by Crippen LogP contribution is 2.39. The van der Waals surface area contributed by atoms with E-state index in [-0.39, 0.29) is 12.1 Å². The van der Waals surface area contributed by atoms with Crippen LogP contribution in [0.4, 0.5) is 0 Å². The maximum atomic E-state index is 5.55. The Kier molecular flexibility index (Phi) is 4.16. The van der Waals surface area contributed by atoms with Gasteiger partial charge in [0, 0.05) is 30.7 Å². The van der Waals surface area contributed by atoms with E-state index in [1.807, 2.05) is 18.3 Å². The van der Waals surface area contributed by atoms with Gasteiger partial charge >= 0.3 is 0 Å². The van der Waals surface area contributed by atoms with Crippen LogP contribution in [0.15, 0.2) is 42.7 Å². The molecule has 116 valence electrons. The van der Waals surface area contributed by atoms with Gasteiger partial charge < -0.3 is 14.8 Å². The summed E-state index contributed by atoms with van der Waals surface area (Å²) < 4.78 is 2.32. The lowest BCUT2D eigenvalue weighted by atomic mass is 10.0. The highest BCUT2D eigenvalue weighted by molar-refractivity contribution is 7.80. The minimum Gasteiger partial charge on any atom is -0.352 e. The van der Waals surface area contributed by atoms with E-state index in [1.165, 1.54) is 5.69 Å². The molecule has 0 aliphatic carbocycles. The second kappa shape index (κ2) is 6.08. The summed E-state index contributed by atoms with van der Waals surface area (Å²) >= 11 is 5.55. The molecule has 3 rings (SSSR count). The standard InChI is InChI=1S/C17H22N4S/c1-4-20-16(14-9-7-11-21(14)12(2)3)15(19-17(20)22)13-8-5-6-10-18-13/h5-12,15-16H,4H2,1-3H3,(H,19,22). The SMILES string of the molecule is CCN1C(=S)NC(c2ccccn2)C1c1cccn1C(C)C. The zero-order valence-electron chi connectivity index (χ0n) is 13.2. The van der Waals surface area contributed by atoms with Gasteiger partial charge in [0.15, 0.2) is 5.11 Å². The molecule has 5 heteroatoms. The molecule has 0 amide bonds. The molecule has 22 heavy (non-hydrogen) atoms. The molecule has 0 spiro atoms. The summed E-state index contributed by atoms with van der Waals surface area (Å²) in [5.74, 6) is 0. The van der Waals surface area contributed by atoms with Crippen molar-refractivity contribution in [3.63, 3.8) is 0 Å². The predicted octanol–water partition coefficient (Wildman–Crippen LogP) is 3.46. The second-order valence-corrected chi connectivity index (χ2v) is 6.23. The summed E-state index contributed by atoms with van der Waals surface area (Å²) in [6.45, 7) is 7.43. The average molecular weight is 314 g/mol. The van der Waals surface area contributed by atoms with Crippen molar-refractivity contribution in [1.29, 1.82) is 0 Å². The molecule has 1 N–H and O–H groups in total. The number of thiocarbonyl (C=S) groups is 1. The van der Waals surface area contributed by atoms with Gasteiger partial charge in [0.1, 0.15) is 0 Å². The summed E-state index contributed by atoms with van der Waals surface area (Å²) in [5.41, 5.74) is 2.31. The van der Waals surface area contributed by atoms with Crippen molar-refractivity contribution >= 4 is 17.3 Å².